The molecule has 0 aliphatic rings. The quantitative estimate of drug-likeness (QED) is 0.121. The molecule has 0 saturated carbocycles. The van der Waals surface area contributed by atoms with Crippen LogP contribution in [0.25, 0.3) is 0 Å². The SMILES string of the molecule is CCCC(N)=NCCC[C@H](NC(=O)c1ccc(C(c2ccccc2)c2ccccc2)s1)C(=O)O.O=C(O)C(F)(F)F. The molecule has 0 spiro atoms. The number of halogens is 3. The van der Waals surface area contributed by atoms with Crippen LogP contribution in [-0.2, 0) is 9.59 Å². The number of carbonyl (C=O) groups excluding carboxylic acids is 1. The normalized spacial score (nSPS) is 12.3. The van der Waals surface area contributed by atoms with Gasteiger partial charge in [-0.3, -0.25) is 9.79 Å². The van der Waals surface area contributed by atoms with Gasteiger partial charge in [-0.05, 0) is 42.5 Å². The summed E-state index contributed by atoms with van der Waals surface area (Å²) in [7, 11) is 0. The van der Waals surface area contributed by atoms with Crippen LogP contribution in [0.15, 0.2) is 77.8 Å². The van der Waals surface area contributed by atoms with Crippen LogP contribution in [0.1, 0.15) is 64.2 Å². The molecule has 3 aromatic rings. The van der Waals surface area contributed by atoms with Gasteiger partial charge in [-0.25, -0.2) is 9.59 Å². The number of carboxylic acid groups (broad SMARTS) is 2. The van der Waals surface area contributed by atoms with E-state index in [-0.39, 0.29) is 11.8 Å². The average molecular weight is 592 g/mol. The first-order valence-electron chi connectivity index (χ1n) is 12.8. The van der Waals surface area contributed by atoms with Gasteiger partial charge in [0.25, 0.3) is 5.91 Å². The number of aliphatic imine (C=N–C) groups is 1. The summed E-state index contributed by atoms with van der Waals surface area (Å²) in [6.45, 7) is 2.47. The molecule has 0 aliphatic heterocycles. The molecule has 1 aromatic heterocycles. The number of hydrogen-bond acceptors (Lipinski definition) is 5. The van der Waals surface area contributed by atoms with Gasteiger partial charge < -0.3 is 21.3 Å². The first-order valence-corrected chi connectivity index (χ1v) is 13.6. The highest BCUT2D eigenvalue weighted by Gasteiger charge is 2.38. The van der Waals surface area contributed by atoms with Gasteiger partial charge >= 0.3 is 18.1 Å². The molecule has 220 valence electrons. The summed E-state index contributed by atoms with van der Waals surface area (Å²) in [5, 5.41) is 19.4. The Balaban J connectivity index is 0.000000745. The molecule has 0 bridgehead atoms. The minimum Gasteiger partial charge on any atom is -0.480 e. The number of carboxylic acids is 2. The van der Waals surface area contributed by atoms with E-state index in [9.17, 15) is 27.9 Å². The van der Waals surface area contributed by atoms with Gasteiger partial charge in [-0.2, -0.15) is 13.2 Å². The molecule has 41 heavy (non-hydrogen) atoms. The number of alkyl halides is 3. The molecule has 1 amide bonds. The lowest BCUT2D eigenvalue weighted by Gasteiger charge is -2.17. The summed E-state index contributed by atoms with van der Waals surface area (Å²) in [6, 6.07) is 23.0. The highest BCUT2D eigenvalue weighted by atomic mass is 32.1. The fourth-order valence-electron chi connectivity index (χ4n) is 3.78. The van der Waals surface area contributed by atoms with Crippen molar-refractivity contribution in [1.82, 2.24) is 5.32 Å². The summed E-state index contributed by atoms with van der Waals surface area (Å²) < 4.78 is 31.7. The van der Waals surface area contributed by atoms with Gasteiger partial charge in [-0.1, -0.05) is 67.6 Å². The van der Waals surface area contributed by atoms with Crippen LogP contribution in [0, 0.1) is 0 Å². The van der Waals surface area contributed by atoms with E-state index in [1.165, 1.54) is 11.3 Å². The second-order valence-electron chi connectivity index (χ2n) is 8.89. The van der Waals surface area contributed by atoms with Gasteiger partial charge in [0.2, 0.25) is 0 Å². The van der Waals surface area contributed by atoms with E-state index in [1.807, 2.05) is 49.4 Å². The third-order valence-electron chi connectivity index (χ3n) is 5.72. The van der Waals surface area contributed by atoms with Crippen LogP contribution in [0.2, 0.25) is 0 Å². The number of thiophene rings is 1. The molecule has 0 unspecified atom stereocenters. The number of nitrogens with zero attached hydrogens (tertiary/aromatic N) is 1. The zero-order valence-electron chi connectivity index (χ0n) is 22.3. The van der Waals surface area contributed by atoms with Crippen LogP contribution in [0.3, 0.4) is 0 Å². The van der Waals surface area contributed by atoms with Crippen LogP contribution >= 0.6 is 11.3 Å². The Bertz CT molecular complexity index is 1260. The van der Waals surface area contributed by atoms with Gasteiger partial charge in [0, 0.05) is 23.8 Å². The van der Waals surface area contributed by atoms with Crippen molar-refractivity contribution in [3.8, 4) is 0 Å². The zero-order chi connectivity index (χ0) is 30.4. The lowest BCUT2D eigenvalue weighted by atomic mass is 9.90. The Morgan fingerprint density at radius 2 is 1.49 bits per heavy atom. The summed E-state index contributed by atoms with van der Waals surface area (Å²) in [5.41, 5.74) is 8.06. The van der Waals surface area contributed by atoms with Crippen molar-refractivity contribution in [3.05, 3.63) is 93.7 Å². The fourth-order valence-corrected chi connectivity index (χ4v) is 4.85. The molecule has 3 rings (SSSR count). The van der Waals surface area contributed by atoms with Crippen LogP contribution < -0.4 is 11.1 Å². The first-order chi connectivity index (χ1) is 19.4. The molecule has 12 heteroatoms. The lowest BCUT2D eigenvalue weighted by Crippen LogP contribution is -2.40. The topological polar surface area (TPSA) is 142 Å². The summed E-state index contributed by atoms with van der Waals surface area (Å²) >= 11 is 1.39. The third kappa shape index (κ3) is 11.1. The lowest BCUT2D eigenvalue weighted by molar-refractivity contribution is -0.192. The number of carbonyl (C=O) groups is 3. The standard InChI is InChI=1S/C27H31N3O3S.C2HF3O2/c1-2-10-24(28)29-18-9-15-21(27(32)33)30-26(31)23-17-16-22(34-23)25(19-11-5-3-6-12-19)20-13-7-4-8-14-20;3-2(4,5)1(6)7/h3-8,11-14,16-17,21,25H,2,9-10,15,18H2,1H3,(H2,28,29)(H,30,31)(H,32,33);(H,6,7)/t21-;/m0./s1. The van der Waals surface area contributed by atoms with Gasteiger partial charge in [0.1, 0.15) is 6.04 Å². The van der Waals surface area contributed by atoms with Crippen molar-refractivity contribution in [2.75, 3.05) is 6.54 Å². The molecule has 1 heterocycles. The molecular formula is C29H32F3N3O5S. The maximum absolute atomic E-state index is 12.9. The van der Waals surface area contributed by atoms with Crippen molar-refractivity contribution >= 4 is 35.0 Å². The molecule has 5 N–H and O–H groups in total. The molecule has 2 aromatic carbocycles. The van der Waals surface area contributed by atoms with Crippen LogP contribution in [0.4, 0.5) is 13.2 Å². The van der Waals surface area contributed by atoms with E-state index < -0.39 is 24.2 Å². The Morgan fingerprint density at radius 1 is 0.951 bits per heavy atom. The van der Waals surface area contributed by atoms with Crippen LogP contribution in [0.5, 0.6) is 0 Å². The van der Waals surface area contributed by atoms with E-state index in [1.54, 1.807) is 6.07 Å². The number of aliphatic carboxylic acids is 2. The molecule has 1 atom stereocenters. The second kappa shape index (κ2) is 16.2. The maximum Gasteiger partial charge on any atom is 0.490 e. The molecule has 0 aliphatic carbocycles. The number of amides is 1. The third-order valence-corrected chi connectivity index (χ3v) is 6.87. The molecule has 0 radical (unpaired) electrons. The number of benzene rings is 2. The average Bonchev–Trinajstić information content (AvgIpc) is 3.41. The van der Waals surface area contributed by atoms with Crippen molar-refractivity contribution in [3.63, 3.8) is 0 Å². The first kappa shape index (κ1) is 33.0. The Labute approximate surface area is 239 Å². The van der Waals surface area contributed by atoms with Crippen molar-refractivity contribution < 1.29 is 37.8 Å². The minimum atomic E-state index is -5.08. The summed E-state index contributed by atoms with van der Waals surface area (Å²) in [5.74, 6) is -3.61. The number of nitrogens with one attached hydrogen (secondary N) is 1. The van der Waals surface area contributed by atoms with E-state index >= 15 is 0 Å². The Hall–Kier alpha value is -4.19. The summed E-state index contributed by atoms with van der Waals surface area (Å²) in [4.78, 5) is 39.3. The smallest absolute Gasteiger partial charge is 0.480 e. The molecule has 8 nitrogen and oxygen atoms in total. The van der Waals surface area contributed by atoms with E-state index in [0.717, 1.165) is 28.8 Å². The highest BCUT2D eigenvalue weighted by Crippen LogP contribution is 2.36. The predicted molar refractivity (Wildman–Crippen MR) is 151 cm³/mol. The number of nitrogens with two attached hydrogens (primary N) is 1. The predicted octanol–water partition coefficient (Wildman–Crippen LogP) is 5.68. The van der Waals surface area contributed by atoms with Gasteiger partial charge in [0.05, 0.1) is 10.7 Å². The van der Waals surface area contributed by atoms with Crippen molar-refractivity contribution in [2.24, 2.45) is 10.7 Å². The number of rotatable bonds is 12. The molecular weight excluding hydrogens is 559 g/mol. The van der Waals surface area contributed by atoms with E-state index in [2.05, 4.69) is 34.6 Å². The Morgan fingerprint density at radius 3 is 1.95 bits per heavy atom. The zero-order valence-corrected chi connectivity index (χ0v) is 23.1. The molecule has 0 fully saturated rings. The van der Waals surface area contributed by atoms with E-state index in [4.69, 9.17) is 15.6 Å². The van der Waals surface area contributed by atoms with Gasteiger partial charge in [0.15, 0.2) is 0 Å². The van der Waals surface area contributed by atoms with Crippen LogP contribution in [-0.4, -0.2) is 52.7 Å². The Kier molecular flexibility index (Phi) is 13.0. The monoisotopic (exact) mass is 591 g/mol. The minimum absolute atomic E-state index is 0.00402. The molecule has 0 saturated heterocycles. The highest BCUT2D eigenvalue weighted by molar-refractivity contribution is 7.14. The maximum atomic E-state index is 12.9. The van der Waals surface area contributed by atoms with E-state index in [0.29, 0.717) is 30.1 Å². The number of hydrogen-bond donors (Lipinski definition) is 4. The van der Waals surface area contributed by atoms with Crippen molar-refractivity contribution in [2.45, 2.75) is 50.7 Å². The second-order valence-corrected chi connectivity index (χ2v) is 10.0. The summed E-state index contributed by atoms with van der Waals surface area (Å²) in [6.07, 6.45) is -2.62. The number of amidine groups is 1. The van der Waals surface area contributed by atoms with Gasteiger partial charge in [-0.15, -0.1) is 11.3 Å². The largest absolute Gasteiger partial charge is 0.490 e. The fraction of sp³-hybridized carbons (Fsp3) is 0.310. The van der Waals surface area contributed by atoms with Crippen molar-refractivity contribution in [1.29, 1.82) is 0 Å².